The van der Waals surface area contributed by atoms with Crippen LogP contribution in [0.4, 0.5) is 5.69 Å². The fourth-order valence-corrected chi connectivity index (χ4v) is 2.98. The van der Waals surface area contributed by atoms with E-state index in [-0.39, 0.29) is 0 Å². The Hall–Kier alpha value is -1.61. The molecule has 0 aliphatic carbocycles. The molecule has 2 aromatic carbocycles. The molecule has 0 spiro atoms. The van der Waals surface area contributed by atoms with Gasteiger partial charge in [-0.2, -0.15) is 0 Å². The average Bonchev–Trinajstić information content (AvgIpc) is 2.40. The molecule has 0 unspecified atom stereocenters. The summed E-state index contributed by atoms with van der Waals surface area (Å²) in [5, 5.41) is 0. The Labute approximate surface area is 119 Å². The van der Waals surface area contributed by atoms with Gasteiger partial charge in [0.05, 0.1) is 7.11 Å². The molecule has 19 heavy (non-hydrogen) atoms. The minimum Gasteiger partial charge on any atom is -0.496 e. The number of aryl methyl sites for hydroxylation is 2. The van der Waals surface area contributed by atoms with E-state index in [4.69, 9.17) is 10.5 Å². The normalized spacial score (nSPS) is 10.5. The predicted octanol–water partition coefficient (Wildman–Crippen LogP) is 4.19. The van der Waals surface area contributed by atoms with Crippen LogP contribution in [-0.4, -0.2) is 7.11 Å². The predicted molar refractivity (Wildman–Crippen MR) is 82.9 cm³/mol. The zero-order valence-corrected chi connectivity index (χ0v) is 12.4. The number of thioether (sulfide) groups is 1. The topological polar surface area (TPSA) is 35.2 Å². The summed E-state index contributed by atoms with van der Waals surface area (Å²) >= 11 is 1.75. The molecule has 2 N–H and O–H groups in total. The summed E-state index contributed by atoms with van der Waals surface area (Å²) in [5.74, 6) is 1.79. The zero-order chi connectivity index (χ0) is 13.8. The van der Waals surface area contributed by atoms with Crippen LogP contribution in [0.3, 0.4) is 0 Å². The number of nitrogens with two attached hydrogens (primary N) is 1. The number of hydrogen-bond donors (Lipinski definition) is 1. The Bertz CT molecular complexity index is 581. The maximum atomic E-state index is 6.00. The summed E-state index contributed by atoms with van der Waals surface area (Å²) in [6, 6.07) is 12.4. The number of hydrogen-bond acceptors (Lipinski definition) is 3. The van der Waals surface area contributed by atoms with Gasteiger partial charge in [0.25, 0.3) is 0 Å². The summed E-state index contributed by atoms with van der Waals surface area (Å²) in [4.78, 5) is 1.13. The van der Waals surface area contributed by atoms with E-state index < -0.39 is 0 Å². The Morgan fingerprint density at radius 3 is 2.47 bits per heavy atom. The van der Waals surface area contributed by atoms with Gasteiger partial charge in [0.15, 0.2) is 0 Å². The second kappa shape index (κ2) is 6.02. The van der Waals surface area contributed by atoms with Crippen LogP contribution in [0.5, 0.6) is 5.75 Å². The lowest BCUT2D eigenvalue weighted by molar-refractivity contribution is 0.411. The molecule has 2 aromatic rings. The highest BCUT2D eigenvalue weighted by Gasteiger charge is 2.06. The van der Waals surface area contributed by atoms with Gasteiger partial charge in [-0.3, -0.25) is 0 Å². The van der Waals surface area contributed by atoms with E-state index in [9.17, 15) is 0 Å². The van der Waals surface area contributed by atoms with Crippen LogP contribution < -0.4 is 10.5 Å². The highest BCUT2D eigenvalue weighted by atomic mass is 32.2. The van der Waals surface area contributed by atoms with Crippen molar-refractivity contribution in [1.82, 2.24) is 0 Å². The number of ether oxygens (including phenoxy) is 1. The van der Waals surface area contributed by atoms with E-state index in [1.165, 1.54) is 16.7 Å². The second-order valence-electron chi connectivity index (χ2n) is 4.65. The molecule has 0 radical (unpaired) electrons. The molecule has 0 aromatic heterocycles. The van der Waals surface area contributed by atoms with Gasteiger partial charge in [-0.1, -0.05) is 23.8 Å². The first-order valence-corrected chi connectivity index (χ1v) is 7.21. The van der Waals surface area contributed by atoms with Crippen LogP contribution in [-0.2, 0) is 5.75 Å². The molecule has 0 saturated heterocycles. The molecule has 0 aliphatic heterocycles. The molecular weight excluding hydrogens is 254 g/mol. The van der Waals surface area contributed by atoms with Gasteiger partial charge in [0, 0.05) is 21.9 Å². The van der Waals surface area contributed by atoms with Crippen molar-refractivity contribution < 1.29 is 4.74 Å². The van der Waals surface area contributed by atoms with E-state index in [1.54, 1.807) is 18.9 Å². The average molecular weight is 273 g/mol. The minimum atomic E-state index is 0.835. The largest absolute Gasteiger partial charge is 0.496 e. The van der Waals surface area contributed by atoms with Gasteiger partial charge in [0.2, 0.25) is 0 Å². The SMILES string of the molecule is COc1ccc(C)cc1CSc1cc(C)ccc1N. The molecule has 100 valence electrons. The summed E-state index contributed by atoms with van der Waals surface area (Å²) < 4.78 is 5.40. The van der Waals surface area contributed by atoms with Crippen LogP contribution in [0.25, 0.3) is 0 Å². The maximum Gasteiger partial charge on any atom is 0.122 e. The molecule has 0 atom stereocenters. The zero-order valence-electron chi connectivity index (χ0n) is 11.6. The van der Waals surface area contributed by atoms with Crippen LogP contribution >= 0.6 is 11.8 Å². The van der Waals surface area contributed by atoms with Gasteiger partial charge < -0.3 is 10.5 Å². The molecule has 0 saturated carbocycles. The number of anilines is 1. The van der Waals surface area contributed by atoms with Crippen molar-refractivity contribution in [3.05, 3.63) is 53.1 Å². The maximum absolute atomic E-state index is 6.00. The lowest BCUT2D eigenvalue weighted by Gasteiger charge is -2.11. The van der Waals surface area contributed by atoms with E-state index in [1.807, 2.05) is 18.2 Å². The molecule has 0 amide bonds. The fraction of sp³-hybridized carbons (Fsp3) is 0.250. The quantitative estimate of drug-likeness (QED) is 0.670. The van der Waals surface area contributed by atoms with Gasteiger partial charge >= 0.3 is 0 Å². The Morgan fingerprint density at radius 2 is 1.74 bits per heavy atom. The molecule has 0 bridgehead atoms. The summed E-state index contributed by atoms with van der Waals surface area (Å²) in [7, 11) is 1.71. The first kappa shape index (κ1) is 13.8. The van der Waals surface area contributed by atoms with E-state index in [0.29, 0.717) is 0 Å². The molecule has 2 nitrogen and oxygen atoms in total. The summed E-state index contributed by atoms with van der Waals surface area (Å²) in [5.41, 5.74) is 10.5. The minimum absolute atomic E-state index is 0.835. The monoisotopic (exact) mass is 273 g/mol. The van der Waals surface area contributed by atoms with E-state index >= 15 is 0 Å². The van der Waals surface area contributed by atoms with Crippen molar-refractivity contribution in [2.75, 3.05) is 12.8 Å². The van der Waals surface area contributed by atoms with Gasteiger partial charge in [-0.15, -0.1) is 11.8 Å². The first-order chi connectivity index (χ1) is 9.10. The highest BCUT2D eigenvalue weighted by Crippen LogP contribution is 2.32. The van der Waals surface area contributed by atoms with Gasteiger partial charge in [-0.25, -0.2) is 0 Å². The van der Waals surface area contributed by atoms with Crippen molar-refractivity contribution in [1.29, 1.82) is 0 Å². The van der Waals surface area contributed by atoms with Crippen LogP contribution in [0.2, 0.25) is 0 Å². The fourth-order valence-electron chi connectivity index (χ4n) is 1.94. The van der Waals surface area contributed by atoms with Crippen molar-refractivity contribution in [3.8, 4) is 5.75 Å². The molecule has 0 heterocycles. The molecule has 2 rings (SSSR count). The van der Waals surface area contributed by atoms with Crippen LogP contribution in [0, 0.1) is 13.8 Å². The Morgan fingerprint density at radius 1 is 1.05 bits per heavy atom. The number of benzene rings is 2. The first-order valence-electron chi connectivity index (χ1n) is 6.22. The van der Waals surface area contributed by atoms with Crippen molar-refractivity contribution in [2.24, 2.45) is 0 Å². The van der Waals surface area contributed by atoms with Crippen molar-refractivity contribution in [2.45, 2.75) is 24.5 Å². The van der Waals surface area contributed by atoms with E-state index in [0.717, 1.165) is 22.1 Å². The van der Waals surface area contributed by atoms with Crippen molar-refractivity contribution in [3.63, 3.8) is 0 Å². The lowest BCUT2D eigenvalue weighted by Crippen LogP contribution is -1.93. The summed E-state index contributed by atoms with van der Waals surface area (Å²) in [6.45, 7) is 4.17. The third kappa shape index (κ3) is 3.44. The smallest absolute Gasteiger partial charge is 0.122 e. The number of methoxy groups -OCH3 is 1. The third-order valence-corrected chi connectivity index (χ3v) is 4.11. The molecule has 0 fully saturated rings. The number of nitrogen functional groups attached to an aromatic ring is 1. The van der Waals surface area contributed by atoms with Crippen LogP contribution in [0.15, 0.2) is 41.3 Å². The van der Waals surface area contributed by atoms with E-state index in [2.05, 4.69) is 32.0 Å². The number of rotatable bonds is 4. The molecule has 3 heteroatoms. The van der Waals surface area contributed by atoms with Crippen molar-refractivity contribution >= 4 is 17.4 Å². The third-order valence-electron chi connectivity index (χ3n) is 2.99. The molecule has 0 aliphatic rings. The lowest BCUT2D eigenvalue weighted by atomic mass is 10.1. The summed E-state index contributed by atoms with van der Waals surface area (Å²) in [6.07, 6.45) is 0. The highest BCUT2D eigenvalue weighted by molar-refractivity contribution is 7.98. The molecular formula is C16H19NOS. The van der Waals surface area contributed by atoms with Crippen LogP contribution in [0.1, 0.15) is 16.7 Å². The Kier molecular flexibility index (Phi) is 4.38. The second-order valence-corrected chi connectivity index (χ2v) is 5.66. The van der Waals surface area contributed by atoms with Gasteiger partial charge in [-0.05, 0) is 37.6 Å². The Balaban J connectivity index is 2.18. The standard InChI is InChI=1S/C16H19NOS/c1-11-5-7-15(18-3)13(8-11)10-19-16-9-12(2)4-6-14(16)17/h4-9H,10,17H2,1-3H3. The van der Waals surface area contributed by atoms with Gasteiger partial charge in [0.1, 0.15) is 5.75 Å².